The van der Waals surface area contributed by atoms with Crippen molar-refractivity contribution < 1.29 is 4.79 Å². The maximum Gasteiger partial charge on any atom is 0.243 e. The van der Waals surface area contributed by atoms with Gasteiger partial charge in [-0.2, -0.15) is 0 Å². The Balaban J connectivity index is 1.78. The molecule has 5 nitrogen and oxygen atoms in total. The van der Waals surface area contributed by atoms with Crippen LogP contribution in [0.4, 0.5) is 0 Å². The smallest absolute Gasteiger partial charge is 0.243 e. The number of aromatic nitrogens is 3. The number of nitrogens with one attached hydrogen (secondary N) is 1. The first-order chi connectivity index (χ1) is 12.5. The fourth-order valence-electron chi connectivity index (χ4n) is 2.47. The van der Waals surface area contributed by atoms with Crippen LogP contribution in [0.1, 0.15) is 31.7 Å². The first-order valence-electron chi connectivity index (χ1n) is 8.67. The lowest BCUT2D eigenvalue weighted by Gasteiger charge is -2.11. The van der Waals surface area contributed by atoms with Crippen molar-refractivity contribution in [1.29, 1.82) is 0 Å². The highest BCUT2D eigenvalue weighted by molar-refractivity contribution is 7.98. The zero-order valence-electron chi connectivity index (χ0n) is 15.4. The molecule has 1 N–H and O–H groups in total. The van der Waals surface area contributed by atoms with Crippen molar-refractivity contribution >= 4 is 35.3 Å². The summed E-state index contributed by atoms with van der Waals surface area (Å²) < 4.78 is 2.18. The predicted octanol–water partition coefficient (Wildman–Crippen LogP) is 4.07. The van der Waals surface area contributed by atoms with Gasteiger partial charge < -0.3 is 9.88 Å². The Labute approximate surface area is 164 Å². The highest BCUT2D eigenvalue weighted by Gasteiger charge is 2.12. The van der Waals surface area contributed by atoms with Crippen LogP contribution in [-0.4, -0.2) is 33.5 Å². The molecule has 0 unspecified atom stereocenters. The summed E-state index contributed by atoms with van der Waals surface area (Å²) in [4.78, 5) is 11.9. The normalized spacial score (nSPS) is 11.4. The van der Waals surface area contributed by atoms with Crippen molar-refractivity contribution in [3.05, 3.63) is 46.8 Å². The molecule has 0 aliphatic carbocycles. The monoisotopic (exact) mass is 392 g/mol. The fourth-order valence-corrected chi connectivity index (χ4v) is 3.12. The molecular weight excluding hydrogens is 368 g/mol. The summed E-state index contributed by atoms with van der Waals surface area (Å²) in [7, 11) is 0. The molecule has 0 aliphatic heterocycles. The number of hydrogen-bond acceptors (Lipinski definition) is 4. The molecule has 0 bridgehead atoms. The minimum Gasteiger partial charge on any atom is -0.353 e. The molecule has 1 heterocycles. The van der Waals surface area contributed by atoms with E-state index in [1.807, 2.05) is 18.4 Å². The Kier molecular flexibility index (Phi) is 8.19. The van der Waals surface area contributed by atoms with Crippen LogP contribution in [0.2, 0.25) is 5.02 Å². The van der Waals surface area contributed by atoms with Crippen LogP contribution in [0.25, 0.3) is 6.08 Å². The molecule has 0 radical (unpaired) electrons. The first-order valence-corrected chi connectivity index (χ1v) is 10.3. The summed E-state index contributed by atoms with van der Waals surface area (Å²) >= 11 is 7.45. The molecule has 7 heteroatoms. The van der Waals surface area contributed by atoms with E-state index >= 15 is 0 Å². The largest absolute Gasteiger partial charge is 0.353 e. The van der Waals surface area contributed by atoms with Crippen molar-refractivity contribution in [2.75, 3.05) is 12.8 Å². The third-order valence-electron chi connectivity index (χ3n) is 3.70. The van der Waals surface area contributed by atoms with E-state index in [1.54, 1.807) is 30.0 Å². The zero-order chi connectivity index (χ0) is 18.9. The van der Waals surface area contributed by atoms with Gasteiger partial charge in [-0.25, -0.2) is 0 Å². The third kappa shape index (κ3) is 6.50. The van der Waals surface area contributed by atoms with Crippen LogP contribution in [-0.2, 0) is 17.8 Å². The summed E-state index contributed by atoms with van der Waals surface area (Å²) in [6.07, 6.45) is 6.94. The minimum absolute atomic E-state index is 0.103. The van der Waals surface area contributed by atoms with Gasteiger partial charge in [-0.3, -0.25) is 4.79 Å². The van der Waals surface area contributed by atoms with E-state index in [-0.39, 0.29) is 5.91 Å². The number of hydrogen-bond donors (Lipinski definition) is 1. The van der Waals surface area contributed by atoms with E-state index in [9.17, 15) is 4.79 Å². The van der Waals surface area contributed by atoms with Gasteiger partial charge in [-0.15, -0.1) is 10.2 Å². The zero-order valence-corrected chi connectivity index (χ0v) is 17.0. The number of rotatable bonds is 9. The van der Waals surface area contributed by atoms with Crippen molar-refractivity contribution in [1.82, 2.24) is 20.1 Å². The van der Waals surface area contributed by atoms with Gasteiger partial charge >= 0.3 is 0 Å². The Morgan fingerprint density at radius 2 is 2.04 bits per heavy atom. The lowest BCUT2D eigenvalue weighted by Crippen LogP contribution is -2.23. The first kappa shape index (κ1) is 20.5. The predicted molar refractivity (Wildman–Crippen MR) is 108 cm³/mol. The quantitative estimate of drug-likeness (QED) is 0.397. The third-order valence-corrected chi connectivity index (χ3v) is 4.62. The number of thioether (sulfide) groups is 1. The number of nitrogens with zero attached hydrogens (tertiary/aromatic N) is 3. The van der Waals surface area contributed by atoms with Crippen molar-refractivity contribution in [2.24, 2.45) is 5.92 Å². The molecule has 0 aliphatic rings. The summed E-state index contributed by atoms with van der Waals surface area (Å²) in [6, 6.07) is 7.35. The van der Waals surface area contributed by atoms with E-state index < -0.39 is 0 Å². The molecule has 0 spiro atoms. The van der Waals surface area contributed by atoms with Gasteiger partial charge in [0.2, 0.25) is 5.91 Å². The van der Waals surface area contributed by atoms with Crippen LogP contribution >= 0.6 is 23.4 Å². The van der Waals surface area contributed by atoms with Gasteiger partial charge in [0.05, 0.1) is 0 Å². The minimum atomic E-state index is -0.103. The molecule has 140 valence electrons. The second-order valence-corrected chi connectivity index (χ2v) is 7.60. The van der Waals surface area contributed by atoms with E-state index in [0.717, 1.165) is 35.9 Å². The summed E-state index contributed by atoms with van der Waals surface area (Å²) in [5.74, 6) is 1.41. The molecule has 1 amide bonds. The van der Waals surface area contributed by atoms with E-state index in [2.05, 4.69) is 33.9 Å². The van der Waals surface area contributed by atoms with Crippen LogP contribution in [0.5, 0.6) is 0 Å². The molecule has 2 aromatic rings. The number of amides is 1. The number of aryl methyl sites for hydroxylation is 1. The Morgan fingerprint density at radius 3 is 2.69 bits per heavy atom. The van der Waals surface area contributed by atoms with Gasteiger partial charge in [0.1, 0.15) is 5.82 Å². The SMILES string of the molecule is CSc1nnc(CCCNC(=O)/C=C/c2ccc(Cl)cc2)n1CC(C)C. The van der Waals surface area contributed by atoms with Gasteiger partial charge in [-0.1, -0.05) is 49.3 Å². The van der Waals surface area contributed by atoms with Gasteiger partial charge in [-0.05, 0) is 42.4 Å². The van der Waals surface area contributed by atoms with E-state index in [0.29, 0.717) is 17.5 Å². The van der Waals surface area contributed by atoms with Crippen LogP contribution in [0.3, 0.4) is 0 Å². The molecule has 0 atom stereocenters. The fraction of sp³-hybridized carbons (Fsp3) is 0.421. The molecule has 2 rings (SSSR count). The average Bonchev–Trinajstić information content (AvgIpc) is 2.99. The number of carbonyl (C=O) groups excluding carboxylic acids is 1. The van der Waals surface area contributed by atoms with Gasteiger partial charge in [0.25, 0.3) is 0 Å². The van der Waals surface area contributed by atoms with E-state index in [1.165, 1.54) is 6.08 Å². The highest BCUT2D eigenvalue weighted by Crippen LogP contribution is 2.16. The van der Waals surface area contributed by atoms with Crippen molar-refractivity contribution in [2.45, 2.75) is 38.4 Å². The molecule has 1 aromatic carbocycles. The Morgan fingerprint density at radius 1 is 1.31 bits per heavy atom. The van der Waals surface area contributed by atoms with Crippen LogP contribution in [0, 0.1) is 5.92 Å². The molecule has 26 heavy (non-hydrogen) atoms. The van der Waals surface area contributed by atoms with Crippen molar-refractivity contribution in [3.8, 4) is 0 Å². The lowest BCUT2D eigenvalue weighted by molar-refractivity contribution is -0.116. The number of benzene rings is 1. The Bertz CT molecular complexity index is 740. The second kappa shape index (κ2) is 10.4. The topological polar surface area (TPSA) is 59.8 Å². The number of halogens is 1. The molecular formula is C19H25ClN4OS. The molecule has 0 fully saturated rings. The van der Waals surface area contributed by atoms with E-state index in [4.69, 9.17) is 11.6 Å². The molecule has 1 aromatic heterocycles. The molecule has 0 saturated heterocycles. The van der Waals surface area contributed by atoms with Crippen LogP contribution < -0.4 is 5.32 Å². The highest BCUT2D eigenvalue weighted by atomic mass is 35.5. The van der Waals surface area contributed by atoms with Crippen molar-refractivity contribution in [3.63, 3.8) is 0 Å². The summed E-state index contributed by atoms with van der Waals surface area (Å²) in [5, 5.41) is 13.1. The number of carbonyl (C=O) groups is 1. The average molecular weight is 393 g/mol. The maximum absolute atomic E-state index is 11.9. The Hall–Kier alpha value is -1.79. The lowest BCUT2D eigenvalue weighted by atomic mass is 10.2. The van der Waals surface area contributed by atoms with Gasteiger partial charge in [0.15, 0.2) is 5.16 Å². The second-order valence-electron chi connectivity index (χ2n) is 6.39. The van der Waals surface area contributed by atoms with Gasteiger partial charge in [0, 0.05) is 30.6 Å². The summed E-state index contributed by atoms with van der Waals surface area (Å²) in [5.41, 5.74) is 0.941. The maximum atomic E-state index is 11.9. The molecule has 0 saturated carbocycles. The van der Waals surface area contributed by atoms with Crippen LogP contribution in [0.15, 0.2) is 35.5 Å². The standard InChI is InChI=1S/C19H25ClN4OS/c1-14(2)13-24-17(22-23-19(24)26-3)5-4-12-21-18(25)11-8-15-6-9-16(20)10-7-15/h6-11,14H,4-5,12-13H2,1-3H3,(H,21,25)/b11-8+. The summed E-state index contributed by atoms with van der Waals surface area (Å²) in [6.45, 7) is 5.88.